The van der Waals surface area contributed by atoms with Crippen molar-refractivity contribution in [1.29, 1.82) is 0 Å². The van der Waals surface area contributed by atoms with Gasteiger partial charge in [-0.2, -0.15) is 0 Å². The molecule has 1 heterocycles. The van der Waals surface area contributed by atoms with E-state index < -0.39 is 18.5 Å². The highest BCUT2D eigenvalue weighted by atomic mass is 19.4. The maximum absolute atomic E-state index is 12.9. The molecule has 1 amide bonds. The zero-order valence-electron chi connectivity index (χ0n) is 15.9. The van der Waals surface area contributed by atoms with E-state index in [1.165, 1.54) is 12.1 Å². The Bertz CT molecular complexity index is 855. The summed E-state index contributed by atoms with van der Waals surface area (Å²) in [5.41, 5.74) is 2.04. The number of hydrogen-bond donors (Lipinski definition) is 2. The molecule has 0 saturated carbocycles. The minimum Gasteiger partial charge on any atom is -0.405 e. The lowest BCUT2D eigenvalue weighted by Gasteiger charge is -2.38. The van der Waals surface area contributed by atoms with Gasteiger partial charge in [0.2, 0.25) is 5.91 Å². The van der Waals surface area contributed by atoms with Crippen LogP contribution in [0.3, 0.4) is 0 Å². The van der Waals surface area contributed by atoms with Crippen molar-refractivity contribution in [3.05, 3.63) is 65.2 Å². The molecule has 8 heteroatoms. The van der Waals surface area contributed by atoms with Gasteiger partial charge in [0.25, 0.3) is 0 Å². The van der Waals surface area contributed by atoms with Crippen molar-refractivity contribution in [1.82, 2.24) is 10.2 Å². The zero-order valence-corrected chi connectivity index (χ0v) is 15.9. The fourth-order valence-corrected chi connectivity index (χ4v) is 3.58. The number of carbonyl (C=O) groups is 1. The number of amides is 1. The fraction of sp³-hybridized carbons (Fsp3) is 0.381. The molecule has 1 aliphatic heterocycles. The third-order valence-corrected chi connectivity index (χ3v) is 4.76. The molecule has 0 saturated heterocycles. The highest BCUT2D eigenvalue weighted by Crippen LogP contribution is 2.40. The molecule has 3 rings (SSSR count). The summed E-state index contributed by atoms with van der Waals surface area (Å²) in [6.07, 6.45) is -4.84. The van der Waals surface area contributed by atoms with Crippen LogP contribution in [0.5, 0.6) is 5.75 Å². The van der Waals surface area contributed by atoms with Crippen LogP contribution >= 0.6 is 0 Å². The summed E-state index contributed by atoms with van der Waals surface area (Å²) in [6.45, 7) is 2.19. The average molecular weight is 408 g/mol. The number of para-hydroxylation sites is 1. The van der Waals surface area contributed by atoms with Gasteiger partial charge in [0, 0.05) is 18.7 Å². The molecular formula is C21H23F3N2O3. The number of rotatable bonds is 6. The standard InChI is InChI=1S/C21H23F3N2O3/c1-14(27)12-25-13-19(28)26-11-10-15-6-2-3-7-16(15)20(26)17-8-4-5-9-18(17)29-21(22,23)24/h2-9,14,20,25,27H,10-13H2,1H3/t14-,20?/m1/s1. The van der Waals surface area contributed by atoms with Crippen molar-refractivity contribution in [2.24, 2.45) is 0 Å². The second-order valence-electron chi connectivity index (χ2n) is 7.00. The van der Waals surface area contributed by atoms with Crippen LogP contribution in [0, 0.1) is 0 Å². The van der Waals surface area contributed by atoms with Gasteiger partial charge in [-0.15, -0.1) is 13.2 Å². The minimum absolute atomic E-state index is 0.0220. The van der Waals surface area contributed by atoms with Gasteiger partial charge in [0.05, 0.1) is 18.7 Å². The molecule has 0 spiro atoms. The van der Waals surface area contributed by atoms with Gasteiger partial charge < -0.3 is 20.1 Å². The number of carbonyl (C=O) groups excluding carboxylic acids is 1. The molecule has 5 nitrogen and oxygen atoms in total. The third-order valence-electron chi connectivity index (χ3n) is 4.76. The summed E-state index contributed by atoms with van der Waals surface area (Å²) in [5, 5.41) is 12.2. The predicted molar refractivity (Wildman–Crippen MR) is 101 cm³/mol. The first-order valence-electron chi connectivity index (χ1n) is 9.37. The van der Waals surface area contributed by atoms with Gasteiger partial charge in [-0.3, -0.25) is 4.79 Å². The minimum atomic E-state index is -4.84. The highest BCUT2D eigenvalue weighted by Gasteiger charge is 2.37. The summed E-state index contributed by atoms with van der Waals surface area (Å²) >= 11 is 0. The number of fused-ring (bicyclic) bond motifs is 1. The van der Waals surface area contributed by atoms with Crippen LogP contribution in [0.2, 0.25) is 0 Å². The number of benzene rings is 2. The molecule has 0 aliphatic carbocycles. The number of alkyl halides is 3. The van der Waals surface area contributed by atoms with E-state index in [1.807, 2.05) is 18.2 Å². The van der Waals surface area contributed by atoms with Gasteiger partial charge in [0.1, 0.15) is 5.75 Å². The normalized spacial score (nSPS) is 17.6. The molecule has 0 fully saturated rings. The first kappa shape index (κ1) is 21.1. The quantitative estimate of drug-likeness (QED) is 0.772. The molecule has 0 radical (unpaired) electrons. The van der Waals surface area contributed by atoms with Gasteiger partial charge >= 0.3 is 6.36 Å². The predicted octanol–water partition coefficient (Wildman–Crippen LogP) is 3.03. The monoisotopic (exact) mass is 408 g/mol. The first-order chi connectivity index (χ1) is 13.8. The van der Waals surface area contributed by atoms with Crippen molar-refractivity contribution in [2.45, 2.75) is 31.9 Å². The van der Waals surface area contributed by atoms with E-state index >= 15 is 0 Å². The Kier molecular flexibility index (Phi) is 6.44. The van der Waals surface area contributed by atoms with E-state index in [0.717, 1.165) is 11.1 Å². The fourth-order valence-electron chi connectivity index (χ4n) is 3.58. The van der Waals surface area contributed by atoms with Gasteiger partial charge in [-0.05, 0) is 30.5 Å². The number of halogens is 3. The number of ether oxygens (including phenoxy) is 1. The number of hydrogen-bond acceptors (Lipinski definition) is 4. The van der Waals surface area contributed by atoms with E-state index in [4.69, 9.17) is 0 Å². The Morgan fingerprint density at radius 3 is 2.55 bits per heavy atom. The second-order valence-corrected chi connectivity index (χ2v) is 7.00. The molecule has 0 bridgehead atoms. The maximum Gasteiger partial charge on any atom is 0.573 e. The number of aliphatic hydroxyl groups excluding tert-OH is 1. The Hall–Kier alpha value is -2.58. The molecule has 2 N–H and O–H groups in total. The summed E-state index contributed by atoms with van der Waals surface area (Å²) in [5.74, 6) is -0.580. The lowest BCUT2D eigenvalue weighted by molar-refractivity contribution is -0.275. The highest BCUT2D eigenvalue weighted by molar-refractivity contribution is 5.80. The van der Waals surface area contributed by atoms with Crippen molar-refractivity contribution in [3.63, 3.8) is 0 Å². The van der Waals surface area contributed by atoms with E-state index in [0.29, 0.717) is 13.0 Å². The smallest absolute Gasteiger partial charge is 0.405 e. The largest absolute Gasteiger partial charge is 0.573 e. The van der Waals surface area contributed by atoms with Crippen molar-refractivity contribution in [3.8, 4) is 5.75 Å². The first-order valence-corrected chi connectivity index (χ1v) is 9.37. The molecular weight excluding hydrogens is 385 g/mol. The van der Waals surface area contributed by atoms with Crippen LogP contribution in [0.1, 0.15) is 29.7 Å². The Morgan fingerprint density at radius 1 is 1.21 bits per heavy atom. The van der Waals surface area contributed by atoms with Crippen LogP contribution in [0.15, 0.2) is 48.5 Å². The SMILES string of the molecule is C[C@@H](O)CNCC(=O)N1CCc2ccccc2C1c1ccccc1OC(F)(F)F. The molecule has 0 aromatic heterocycles. The third kappa shape index (κ3) is 5.27. The molecule has 2 atom stereocenters. The molecule has 1 aliphatic rings. The lowest BCUT2D eigenvalue weighted by Crippen LogP contribution is -2.45. The topological polar surface area (TPSA) is 61.8 Å². The zero-order chi connectivity index (χ0) is 21.0. The Morgan fingerprint density at radius 2 is 1.86 bits per heavy atom. The van der Waals surface area contributed by atoms with Crippen molar-refractivity contribution >= 4 is 5.91 Å². The van der Waals surface area contributed by atoms with E-state index in [2.05, 4.69) is 10.1 Å². The Labute approximate surface area is 167 Å². The molecule has 156 valence electrons. The van der Waals surface area contributed by atoms with E-state index in [-0.39, 0.29) is 30.3 Å². The lowest BCUT2D eigenvalue weighted by atomic mass is 9.87. The molecule has 29 heavy (non-hydrogen) atoms. The van der Waals surface area contributed by atoms with Gasteiger partial charge in [-0.1, -0.05) is 42.5 Å². The van der Waals surface area contributed by atoms with Crippen LogP contribution in [-0.4, -0.2) is 48.0 Å². The molecule has 1 unspecified atom stereocenters. The van der Waals surface area contributed by atoms with Gasteiger partial charge in [-0.25, -0.2) is 0 Å². The number of aliphatic hydroxyl groups is 1. The van der Waals surface area contributed by atoms with Crippen LogP contribution in [-0.2, 0) is 11.2 Å². The summed E-state index contributed by atoms with van der Waals surface area (Å²) in [7, 11) is 0. The summed E-state index contributed by atoms with van der Waals surface area (Å²) in [6, 6.07) is 12.6. The van der Waals surface area contributed by atoms with Crippen LogP contribution in [0.4, 0.5) is 13.2 Å². The van der Waals surface area contributed by atoms with Crippen LogP contribution < -0.4 is 10.1 Å². The van der Waals surface area contributed by atoms with Gasteiger partial charge in [0.15, 0.2) is 0 Å². The second kappa shape index (κ2) is 8.84. The summed E-state index contributed by atoms with van der Waals surface area (Å²) in [4.78, 5) is 14.5. The van der Waals surface area contributed by atoms with Crippen molar-refractivity contribution < 1.29 is 27.8 Å². The molecule has 2 aromatic carbocycles. The molecule has 2 aromatic rings. The maximum atomic E-state index is 12.9. The van der Waals surface area contributed by atoms with E-state index in [9.17, 15) is 23.1 Å². The van der Waals surface area contributed by atoms with Crippen LogP contribution in [0.25, 0.3) is 0 Å². The summed E-state index contributed by atoms with van der Waals surface area (Å²) < 4.78 is 43.1. The number of nitrogens with zero attached hydrogens (tertiary/aromatic N) is 1. The number of nitrogens with one attached hydrogen (secondary N) is 1. The Balaban J connectivity index is 1.98. The average Bonchev–Trinajstić information content (AvgIpc) is 2.66. The van der Waals surface area contributed by atoms with E-state index in [1.54, 1.807) is 30.0 Å². The van der Waals surface area contributed by atoms with Crippen molar-refractivity contribution in [2.75, 3.05) is 19.6 Å².